The van der Waals surface area contributed by atoms with Crippen LogP contribution < -0.4 is 22.6 Å². The van der Waals surface area contributed by atoms with Crippen LogP contribution in [-0.2, 0) is 0 Å². The highest BCUT2D eigenvalue weighted by Gasteiger charge is 2.15. The van der Waals surface area contributed by atoms with Crippen molar-refractivity contribution in [1.82, 2.24) is 15.6 Å². The van der Waals surface area contributed by atoms with Crippen LogP contribution in [-0.4, -0.2) is 21.0 Å². The molecular weight excluding hydrogens is 282 g/mol. The topological polar surface area (TPSA) is 128 Å². The fourth-order valence-corrected chi connectivity index (χ4v) is 2.04. The second kappa shape index (κ2) is 5.59. The van der Waals surface area contributed by atoms with Crippen LogP contribution in [0.1, 0.15) is 10.6 Å². The van der Waals surface area contributed by atoms with Gasteiger partial charge >= 0.3 is 0 Å². The monoisotopic (exact) mass is 293 g/mol. The van der Waals surface area contributed by atoms with Crippen LogP contribution in [0.2, 0.25) is 0 Å². The lowest BCUT2D eigenvalue weighted by Gasteiger charge is -2.06. The number of nitrogens with two attached hydrogens (primary N) is 3. The molecule has 0 spiro atoms. The van der Waals surface area contributed by atoms with Gasteiger partial charge in [0, 0.05) is 11.3 Å². The summed E-state index contributed by atoms with van der Waals surface area (Å²) in [6.07, 6.45) is 0. The van der Waals surface area contributed by atoms with E-state index in [1.807, 2.05) is 18.2 Å². The van der Waals surface area contributed by atoms with Gasteiger partial charge in [-0.1, -0.05) is 29.5 Å². The lowest BCUT2D eigenvalue weighted by Crippen LogP contribution is -2.26. The van der Waals surface area contributed by atoms with E-state index in [4.69, 9.17) is 29.4 Å². The molecule has 7 N–H and O–H groups in total. The van der Waals surface area contributed by atoms with Crippen molar-refractivity contribution in [2.24, 2.45) is 10.8 Å². The van der Waals surface area contributed by atoms with Crippen molar-refractivity contribution in [2.75, 3.05) is 11.5 Å². The highest BCUT2D eigenvalue weighted by atomic mass is 32.1. The summed E-state index contributed by atoms with van der Waals surface area (Å²) in [5.74, 6) is 0. The molecule has 0 unspecified atom stereocenters. The summed E-state index contributed by atoms with van der Waals surface area (Å²) in [6.45, 7) is 0. The molecule has 0 aliphatic carbocycles. The molecule has 0 bridgehead atoms. The maximum atomic E-state index is 5.92. The van der Waals surface area contributed by atoms with Crippen molar-refractivity contribution in [3.05, 3.63) is 34.8 Å². The predicted octanol–water partition coefficient (Wildman–Crippen LogP) is 0.288. The van der Waals surface area contributed by atoms with E-state index >= 15 is 0 Å². The van der Waals surface area contributed by atoms with Gasteiger partial charge in [0.15, 0.2) is 10.1 Å². The number of aromatic nitrogens is 2. The first kappa shape index (κ1) is 13.2. The zero-order valence-corrected chi connectivity index (χ0v) is 11.3. The molecule has 0 saturated heterocycles. The van der Waals surface area contributed by atoms with Gasteiger partial charge in [-0.25, -0.2) is 0 Å². The Labute approximate surface area is 118 Å². The van der Waals surface area contributed by atoms with Gasteiger partial charge in [0.05, 0.1) is 0 Å². The third kappa shape index (κ3) is 3.14. The Bertz CT molecular complexity index is 634. The van der Waals surface area contributed by atoms with Crippen LogP contribution >= 0.6 is 23.6 Å². The van der Waals surface area contributed by atoms with Crippen molar-refractivity contribution < 1.29 is 0 Å². The number of benzene rings is 1. The smallest absolute Gasteiger partial charge is 0.203 e. The van der Waals surface area contributed by atoms with Crippen LogP contribution in [0.25, 0.3) is 0 Å². The molecule has 2 aromatic rings. The van der Waals surface area contributed by atoms with E-state index in [1.165, 1.54) is 11.3 Å². The number of nitrogens with zero attached hydrogens (tertiary/aromatic N) is 3. The first-order chi connectivity index (χ1) is 9.08. The Morgan fingerprint density at radius 2 is 2.00 bits per heavy atom. The van der Waals surface area contributed by atoms with E-state index in [0.717, 1.165) is 0 Å². The van der Waals surface area contributed by atoms with E-state index in [-0.39, 0.29) is 5.11 Å². The van der Waals surface area contributed by atoms with E-state index in [2.05, 4.69) is 20.7 Å². The number of rotatable bonds is 3. The van der Waals surface area contributed by atoms with Crippen LogP contribution in [0.5, 0.6) is 0 Å². The normalized spacial score (nSPS) is 11.3. The fourth-order valence-electron chi connectivity index (χ4n) is 1.38. The van der Waals surface area contributed by atoms with Gasteiger partial charge in [-0.05, 0) is 18.3 Å². The first-order valence-corrected chi connectivity index (χ1v) is 6.37. The SMILES string of the molecule is NC(=S)N/N=C(/c1nnc(N)s1)c1ccccc1N. The average Bonchev–Trinajstić information content (AvgIpc) is 2.78. The van der Waals surface area contributed by atoms with Crippen molar-refractivity contribution in [1.29, 1.82) is 0 Å². The molecule has 0 atom stereocenters. The minimum Gasteiger partial charge on any atom is -0.398 e. The molecule has 98 valence electrons. The molecule has 7 nitrogen and oxygen atoms in total. The molecule has 1 heterocycles. The number of thiocarbonyl (C=S) groups is 1. The molecule has 1 aromatic heterocycles. The van der Waals surface area contributed by atoms with E-state index in [1.54, 1.807) is 6.07 Å². The number of hydrazone groups is 1. The molecule has 1 aromatic carbocycles. The molecule has 0 aliphatic rings. The molecule has 0 aliphatic heterocycles. The maximum absolute atomic E-state index is 5.92. The summed E-state index contributed by atoms with van der Waals surface area (Å²) >= 11 is 5.92. The highest BCUT2D eigenvalue weighted by molar-refractivity contribution is 7.80. The molecule has 0 radical (unpaired) electrons. The van der Waals surface area contributed by atoms with Crippen LogP contribution in [0, 0.1) is 0 Å². The van der Waals surface area contributed by atoms with Crippen molar-refractivity contribution >= 4 is 45.2 Å². The van der Waals surface area contributed by atoms with Crippen molar-refractivity contribution in [2.45, 2.75) is 0 Å². The zero-order valence-electron chi connectivity index (χ0n) is 9.70. The van der Waals surface area contributed by atoms with Crippen LogP contribution in [0.3, 0.4) is 0 Å². The largest absolute Gasteiger partial charge is 0.398 e. The molecule has 19 heavy (non-hydrogen) atoms. The maximum Gasteiger partial charge on any atom is 0.203 e. The summed E-state index contributed by atoms with van der Waals surface area (Å²) in [7, 11) is 0. The summed E-state index contributed by atoms with van der Waals surface area (Å²) in [6, 6.07) is 7.24. The van der Waals surface area contributed by atoms with Crippen LogP contribution in [0.4, 0.5) is 10.8 Å². The van der Waals surface area contributed by atoms with E-state index in [0.29, 0.717) is 27.1 Å². The fraction of sp³-hybridized carbons (Fsp3) is 0. The van der Waals surface area contributed by atoms with Gasteiger partial charge in [0.25, 0.3) is 0 Å². The van der Waals surface area contributed by atoms with Gasteiger partial charge < -0.3 is 17.2 Å². The lowest BCUT2D eigenvalue weighted by molar-refractivity contribution is 1.02. The zero-order chi connectivity index (χ0) is 13.8. The average molecular weight is 293 g/mol. The standard InChI is InChI=1S/C10H11N7S2/c11-6-4-2-1-3-5(6)7(14-16-9(12)18)8-15-17-10(13)19-8/h1-4H,11H2,(H2,13,17)(H3,12,16,18)/b14-7+. The van der Waals surface area contributed by atoms with Gasteiger partial charge in [-0.15, -0.1) is 10.2 Å². The number of hydrogen-bond donors (Lipinski definition) is 4. The van der Waals surface area contributed by atoms with Gasteiger partial charge in [-0.2, -0.15) is 5.10 Å². The molecule has 0 saturated carbocycles. The molecule has 0 amide bonds. The Balaban J connectivity index is 2.49. The van der Waals surface area contributed by atoms with E-state index < -0.39 is 0 Å². The number of anilines is 2. The first-order valence-electron chi connectivity index (χ1n) is 5.15. The second-order valence-corrected chi connectivity index (χ2v) is 4.92. The third-order valence-electron chi connectivity index (χ3n) is 2.14. The molecular formula is C10H11N7S2. The Morgan fingerprint density at radius 1 is 1.26 bits per heavy atom. The number of hydrogen-bond acceptors (Lipinski definition) is 7. The second-order valence-electron chi connectivity index (χ2n) is 3.47. The predicted molar refractivity (Wildman–Crippen MR) is 80.7 cm³/mol. The minimum atomic E-state index is 0.0458. The number of nitrogens with one attached hydrogen (secondary N) is 1. The van der Waals surface area contributed by atoms with Crippen molar-refractivity contribution in [3.63, 3.8) is 0 Å². The summed E-state index contributed by atoms with van der Waals surface area (Å²) in [4.78, 5) is 0. The van der Waals surface area contributed by atoms with E-state index in [9.17, 15) is 0 Å². The molecule has 2 rings (SSSR count). The molecule has 0 fully saturated rings. The van der Waals surface area contributed by atoms with Gasteiger partial charge in [-0.3, -0.25) is 5.43 Å². The quantitative estimate of drug-likeness (QED) is 0.277. The van der Waals surface area contributed by atoms with Crippen molar-refractivity contribution in [3.8, 4) is 0 Å². The van der Waals surface area contributed by atoms with Gasteiger partial charge in [0.2, 0.25) is 5.13 Å². The Hall–Kier alpha value is -2.26. The highest BCUT2D eigenvalue weighted by Crippen LogP contribution is 2.20. The molecule has 9 heteroatoms. The Morgan fingerprint density at radius 3 is 2.58 bits per heavy atom. The summed E-state index contributed by atoms with van der Waals surface area (Å²) in [5, 5.41) is 12.7. The Kier molecular flexibility index (Phi) is 3.88. The number of para-hydroxylation sites is 1. The van der Waals surface area contributed by atoms with Gasteiger partial charge in [0.1, 0.15) is 5.71 Å². The number of nitrogen functional groups attached to an aromatic ring is 2. The summed E-state index contributed by atoms with van der Waals surface area (Å²) < 4.78 is 0. The summed E-state index contributed by atoms with van der Waals surface area (Å²) in [5.41, 5.74) is 21.1. The van der Waals surface area contributed by atoms with Crippen LogP contribution in [0.15, 0.2) is 29.4 Å². The third-order valence-corrected chi connectivity index (χ3v) is 2.99. The minimum absolute atomic E-state index is 0.0458. The lowest BCUT2D eigenvalue weighted by atomic mass is 10.1.